The highest BCUT2D eigenvalue weighted by molar-refractivity contribution is 5.84. The number of aliphatic hydroxyl groups excluding tert-OH is 1. The number of pyridine rings is 1. The molecule has 1 N–H and O–H groups in total. The Morgan fingerprint density at radius 3 is 2.57 bits per heavy atom. The van der Waals surface area contributed by atoms with Crippen LogP contribution in [0.4, 0.5) is 19.0 Å². The number of alkyl halides is 3. The molecule has 2 aromatic rings. The van der Waals surface area contributed by atoms with Gasteiger partial charge in [-0.05, 0) is 24.1 Å². The molecule has 114 valence electrons. The molecule has 0 amide bonds. The molecule has 6 heteroatoms. The number of nitrogens with zero attached hydrogens (tertiary/aromatic N) is 2. The first-order valence-corrected chi connectivity index (χ1v) is 6.76. The first kappa shape index (κ1) is 15.6. The van der Waals surface area contributed by atoms with Crippen LogP contribution in [0.5, 0.6) is 0 Å². The van der Waals surface area contributed by atoms with Crippen molar-refractivity contribution in [2.45, 2.75) is 26.1 Å². The molecule has 0 aliphatic rings. The smallest absolute Gasteiger partial charge is 0.392 e. The standard InChI is InChI=1S/C15H17F3N2O/c1-2-7-20(10-15(16,17)18)14-8-11(9-21)12-5-3-4-6-13(12)19-14/h3-6,8,21H,2,7,9-10H2,1H3. The minimum Gasteiger partial charge on any atom is -0.392 e. The molecule has 0 fully saturated rings. The Morgan fingerprint density at radius 2 is 1.95 bits per heavy atom. The molecular formula is C15H17F3N2O. The average molecular weight is 298 g/mol. The predicted molar refractivity (Wildman–Crippen MR) is 76.2 cm³/mol. The van der Waals surface area contributed by atoms with Gasteiger partial charge in [-0.15, -0.1) is 0 Å². The van der Waals surface area contributed by atoms with E-state index in [0.29, 0.717) is 17.5 Å². The Bertz CT molecular complexity index is 613. The third-order valence-corrected chi connectivity index (χ3v) is 3.15. The van der Waals surface area contributed by atoms with Gasteiger partial charge in [-0.1, -0.05) is 25.1 Å². The van der Waals surface area contributed by atoms with Gasteiger partial charge in [-0.3, -0.25) is 0 Å². The monoisotopic (exact) mass is 298 g/mol. The number of halogens is 3. The Balaban J connectivity index is 2.47. The van der Waals surface area contributed by atoms with Crippen molar-refractivity contribution < 1.29 is 18.3 Å². The Hall–Kier alpha value is -1.82. The number of para-hydroxylation sites is 1. The van der Waals surface area contributed by atoms with Gasteiger partial charge in [-0.25, -0.2) is 4.98 Å². The van der Waals surface area contributed by atoms with Crippen LogP contribution < -0.4 is 4.90 Å². The van der Waals surface area contributed by atoms with Crippen molar-refractivity contribution in [1.29, 1.82) is 0 Å². The molecule has 0 aliphatic heterocycles. The third kappa shape index (κ3) is 3.85. The van der Waals surface area contributed by atoms with E-state index >= 15 is 0 Å². The van der Waals surface area contributed by atoms with Crippen LogP contribution in [0.25, 0.3) is 10.9 Å². The van der Waals surface area contributed by atoms with E-state index in [4.69, 9.17) is 0 Å². The number of benzene rings is 1. The van der Waals surface area contributed by atoms with Crippen molar-refractivity contribution >= 4 is 16.7 Å². The molecule has 0 saturated heterocycles. The van der Waals surface area contributed by atoms with Gasteiger partial charge in [0.1, 0.15) is 12.4 Å². The highest BCUT2D eigenvalue weighted by atomic mass is 19.4. The molecule has 0 bridgehead atoms. The number of anilines is 1. The van der Waals surface area contributed by atoms with Crippen molar-refractivity contribution in [3.63, 3.8) is 0 Å². The number of hydrogen-bond acceptors (Lipinski definition) is 3. The van der Waals surface area contributed by atoms with Crippen LogP contribution in [0.2, 0.25) is 0 Å². The van der Waals surface area contributed by atoms with Gasteiger partial charge < -0.3 is 10.0 Å². The lowest BCUT2D eigenvalue weighted by Crippen LogP contribution is -2.35. The van der Waals surface area contributed by atoms with Crippen LogP contribution in [0.3, 0.4) is 0 Å². The van der Waals surface area contributed by atoms with Crippen molar-refractivity contribution in [2.24, 2.45) is 0 Å². The highest BCUT2D eigenvalue weighted by Crippen LogP contribution is 2.26. The maximum Gasteiger partial charge on any atom is 0.405 e. The zero-order valence-corrected chi connectivity index (χ0v) is 11.7. The molecule has 0 aliphatic carbocycles. The van der Waals surface area contributed by atoms with Crippen LogP contribution in [-0.2, 0) is 6.61 Å². The normalized spacial score (nSPS) is 11.9. The molecular weight excluding hydrogens is 281 g/mol. The summed E-state index contributed by atoms with van der Waals surface area (Å²) in [5, 5.41) is 10.2. The van der Waals surface area contributed by atoms with Crippen LogP contribution in [-0.4, -0.2) is 29.4 Å². The predicted octanol–water partition coefficient (Wildman–Crippen LogP) is 3.51. The van der Waals surface area contributed by atoms with Crippen LogP contribution >= 0.6 is 0 Å². The van der Waals surface area contributed by atoms with E-state index in [1.54, 1.807) is 18.2 Å². The fraction of sp³-hybridized carbons (Fsp3) is 0.400. The second-order valence-corrected chi connectivity index (χ2v) is 4.85. The van der Waals surface area contributed by atoms with Gasteiger partial charge in [0.2, 0.25) is 0 Å². The first-order valence-electron chi connectivity index (χ1n) is 6.76. The summed E-state index contributed by atoms with van der Waals surface area (Å²) < 4.78 is 38.1. The average Bonchev–Trinajstić information content (AvgIpc) is 2.44. The number of aliphatic hydroxyl groups is 1. The van der Waals surface area contributed by atoms with Gasteiger partial charge in [0.05, 0.1) is 12.1 Å². The summed E-state index contributed by atoms with van der Waals surface area (Å²) in [4.78, 5) is 5.50. The van der Waals surface area contributed by atoms with E-state index in [1.807, 2.05) is 13.0 Å². The quantitative estimate of drug-likeness (QED) is 0.917. The van der Waals surface area contributed by atoms with E-state index < -0.39 is 12.7 Å². The van der Waals surface area contributed by atoms with Crippen LogP contribution in [0, 0.1) is 0 Å². The fourth-order valence-corrected chi connectivity index (χ4v) is 2.29. The van der Waals surface area contributed by atoms with Crippen molar-refractivity contribution in [1.82, 2.24) is 4.98 Å². The lowest BCUT2D eigenvalue weighted by Gasteiger charge is -2.25. The summed E-state index contributed by atoms with van der Waals surface area (Å²) in [6.07, 6.45) is -3.71. The second-order valence-electron chi connectivity index (χ2n) is 4.85. The second kappa shape index (κ2) is 6.30. The summed E-state index contributed by atoms with van der Waals surface area (Å²) in [6, 6.07) is 8.64. The van der Waals surface area contributed by atoms with E-state index in [2.05, 4.69) is 4.98 Å². The maximum absolute atomic E-state index is 12.7. The zero-order valence-electron chi connectivity index (χ0n) is 11.7. The van der Waals surface area contributed by atoms with Crippen molar-refractivity contribution in [3.8, 4) is 0 Å². The van der Waals surface area contributed by atoms with Gasteiger partial charge in [-0.2, -0.15) is 13.2 Å². The third-order valence-electron chi connectivity index (χ3n) is 3.15. The summed E-state index contributed by atoms with van der Waals surface area (Å²) in [5.41, 5.74) is 1.17. The highest BCUT2D eigenvalue weighted by Gasteiger charge is 2.31. The maximum atomic E-state index is 12.7. The number of aromatic nitrogens is 1. The Labute approximate surface area is 121 Å². The minimum atomic E-state index is -4.29. The van der Waals surface area contributed by atoms with E-state index in [-0.39, 0.29) is 19.0 Å². The van der Waals surface area contributed by atoms with Gasteiger partial charge in [0.25, 0.3) is 0 Å². The largest absolute Gasteiger partial charge is 0.405 e. The molecule has 0 atom stereocenters. The summed E-state index contributed by atoms with van der Waals surface area (Å²) >= 11 is 0. The lowest BCUT2D eigenvalue weighted by atomic mass is 10.1. The Morgan fingerprint density at radius 1 is 1.24 bits per heavy atom. The van der Waals surface area contributed by atoms with Crippen LogP contribution in [0.15, 0.2) is 30.3 Å². The summed E-state index contributed by atoms with van der Waals surface area (Å²) in [5.74, 6) is 0.247. The van der Waals surface area contributed by atoms with E-state index in [1.165, 1.54) is 11.0 Å². The molecule has 2 rings (SSSR count). The SMILES string of the molecule is CCCN(CC(F)(F)F)c1cc(CO)c2ccccc2n1. The molecule has 0 saturated carbocycles. The minimum absolute atomic E-state index is 0.234. The summed E-state index contributed by atoms with van der Waals surface area (Å²) in [7, 11) is 0. The van der Waals surface area contributed by atoms with E-state index in [9.17, 15) is 18.3 Å². The zero-order chi connectivity index (χ0) is 15.5. The van der Waals surface area contributed by atoms with Crippen LogP contribution in [0.1, 0.15) is 18.9 Å². The van der Waals surface area contributed by atoms with Crippen molar-refractivity contribution in [3.05, 3.63) is 35.9 Å². The molecule has 3 nitrogen and oxygen atoms in total. The van der Waals surface area contributed by atoms with Crippen molar-refractivity contribution in [2.75, 3.05) is 18.0 Å². The number of fused-ring (bicyclic) bond motifs is 1. The van der Waals surface area contributed by atoms with Gasteiger partial charge in [0, 0.05) is 11.9 Å². The van der Waals surface area contributed by atoms with Gasteiger partial charge in [0.15, 0.2) is 0 Å². The fourth-order valence-electron chi connectivity index (χ4n) is 2.29. The molecule has 1 aromatic carbocycles. The van der Waals surface area contributed by atoms with Gasteiger partial charge >= 0.3 is 6.18 Å². The van der Waals surface area contributed by atoms with E-state index in [0.717, 1.165) is 5.39 Å². The molecule has 0 radical (unpaired) electrons. The summed E-state index contributed by atoms with van der Waals surface area (Å²) in [6.45, 7) is 0.798. The molecule has 1 heterocycles. The molecule has 21 heavy (non-hydrogen) atoms. The topological polar surface area (TPSA) is 36.4 Å². The number of hydrogen-bond donors (Lipinski definition) is 1. The lowest BCUT2D eigenvalue weighted by molar-refractivity contribution is -0.119. The molecule has 0 spiro atoms. The first-order chi connectivity index (χ1) is 9.94. The Kier molecular flexibility index (Phi) is 4.67. The molecule has 0 unspecified atom stereocenters. The molecule has 1 aromatic heterocycles. The number of rotatable bonds is 5.